The van der Waals surface area contributed by atoms with Gasteiger partial charge in [0.2, 0.25) is 5.89 Å². The fraction of sp³-hybridized carbons (Fsp3) is 0.500. The van der Waals surface area contributed by atoms with Crippen molar-refractivity contribution < 1.29 is 23.5 Å². The van der Waals surface area contributed by atoms with Gasteiger partial charge in [0.1, 0.15) is 6.26 Å². The Morgan fingerprint density at radius 3 is 2.43 bits per heavy atom. The Balaban J connectivity index is 1.78. The number of aromatic nitrogens is 1. The largest absolute Gasteiger partial charge is 0.465 e. The molecule has 0 fully saturated rings. The maximum absolute atomic E-state index is 12.0. The van der Waals surface area contributed by atoms with Gasteiger partial charge < -0.3 is 13.9 Å². The zero-order chi connectivity index (χ0) is 20.4. The van der Waals surface area contributed by atoms with E-state index < -0.39 is 17.9 Å². The number of hydrogen-bond acceptors (Lipinski definition) is 6. The van der Waals surface area contributed by atoms with Gasteiger partial charge in [0.05, 0.1) is 18.9 Å². The molecule has 0 aliphatic rings. The van der Waals surface area contributed by atoms with E-state index in [1.807, 2.05) is 31.2 Å². The Bertz CT molecular complexity index is 750. The van der Waals surface area contributed by atoms with Gasteiger partial charge in [-0.1, -0.05) is 30.5 Å². The van der Waals surface area contributed by atoms with Crippen molar-refractivity contribution in [2.75, 3.05) is 13.2 Å². The maximum atomic E-state index is 12.0. The van der Waals surface area contributed by atoms with Crippen molar-refractivity contribution in [1.29, 1.82) is 0 Å². The molecule has 0 spiro atoms. The van der Waals surface area contributed by atoms with E-state index in [1.54, 1.807) is 20.1 Å². The molecule has 6 heteroatoms. The van der Waals surface area contributed by atoms with Gasteiger partial charge in [-0.15, -0.1) is 0 Å². The molecule has 2 rings (SSSR count). The SMILES string of the molecule is CCOC(=O)C(CCCCCc1coc(-c2cccc(C)c2)n1)C(=O)OCC. The fourth-order valence-electron chi connectivity index (χ4n) is 2.98. The van der Waals surface area contributed by atoms with Crippen molar-refractivity contribution >= 4 is 11.9 Å². The number of nitrogens with zero attached hydrogens (tertiary/aromatic N) is 1. The summed E-state index contributed by atoms with van der Waals surface area (Å²) in [5, 5.41) is 0. The summed E-state index contributed by atoms with van der Waals surface area (Å²) in [5.41, 5.74) is 3.04. The zero-order valence-corrected chi connectivity index (χ0v) is 16.9. The van der Waals surface area contributed by atoms with E-state index in [9.17, 15) is 9.59 Å². The van der Waals surface area contributed by atoms with E-state index in [1.165, 1.54) is 0 Å². The lowest BCUT2D eigenvalue weighted by Gasteiger charge is -2.14. The number of unbranched alkanes of at least 4 members (excludes halogenated alkanes) is 2. The molecule has 2 aromatic rings. The molecule has 6 nitrogen and oxygen atoms in total. The minimum absolute atomic E-state index is 0.254. The van der Waals surface area contributed by atoms with E-state index in [0.29, 0.717) is 12.3 Å². The highest BCUT2D eigenvalue weighted by Crippen LogP contribution is 2.21. The zero-order valence-electron chi connectivity index (χ0n) is 16.9. The van der Waals surface area contributed by atoms with E-state index in [0.717, 1.165) is 42.5 Å². The first kappa shape index (κ1) is 21.7. The van der Waals surface area contributed by atoms with Crippen LogP contribution in [0.4, 0.5) is 0 Å². The van der Waals surface area contributed by atoms with Gasteiger partial charge in [-0.05, 0) is 52.2 Å². The van der Waals surface area contributed by atoms with Crippen molar-refractivity contribution in [3.05, 3.63) is 41.8 Å². The number of hydrogen-bond donors (Lipinski definition) is 0. The second kappa shape index (κ2) is 11.3. The monoisotopic (exact) mass is 387 g/mol. The molecule has 1 aromatic carbocycles. The van der Waals surface area contributed by atoms with Gasteiger partial charge in [-0.25, -0.2) is 4.98 Å². The molecule has 28 heavy (non-hydrogen) atoms. The van der Waals surface area contributed by atoms with Crippen LogP contribution >= 0.6 is 0 Å². The molecule has 0 atom stereocenters. The third-order valence-electron chi connectivity index (χ3n) is 4.38. The van der Waals surface area contributed by atoms with Crippen LogP contribution in [0.1, 0.15) is 50.8 Å². The molecular formula is C22H29NO5. The standard InChI is InChI=1S/C22H29NO5/c1-4-26-21(24)19(22(25)27-5-2)13-8-6-7-12-18-15-28-20(23-18)17-11-9-10-16(3)14-17/h9-11,14-15,19H,4-8,12-13H2,1-3H3. The van der Waals surface area contributed by atoms with E-state index in [2.05, 4.69) is 4.98 Å². The van der Waals surface area contributed by atoms with Gasteiger partial charge in [-0.3, -0.25) is 9.59 Å². The molecule has 0 unspecified atom stereocenters. The summed E-state index contributed by atoms with van der Waals surface area (Å²) in [5.74, 6) is -1.20. The number of esters is 2. The molecule has 1 heterocycles. The predicted molar refractivity (Wildman–Crippen MR) is 106 cm³/mol. The van der Waals surface area contributed by atoms with Crippen LogP contribution < -0.4 is 0 Å². The molecule has 0 aliphatic heterocycles. The first-order valence-corrected chi connectivity index (χ1v) is 9.89. The second-order valence-electron chi connectivity index (χ2n) is 6.67. The first-order chi connectivity index (χ1) is 13.5. The summed E-state index contributed by atoms with van der Waals surface area (Å²) in [6, 6.07) is 8.04. The van der Waals surface area contributed by atoms with Crippen LogP contribution in [0.25, 0.3) is 11.5 Å². The summed E-state index contributed by atoms with van der Waals surface area (Å²) in [6.45, 7) is 5.99. The van der Waals surface area contributed by atoms with E-state index >= 15 is 0 Å². The highest BCUT2D eigenvalue weighted by Gasteiger charge is 2.28. The fourth-order valence-corrected chi connectivity index (χ4v) is 2.98. The average Bonchev–Trinajstić information content (AvgIpc) is 3.14. The van der Waals surface area contributed by atoms with Crippen LogP contribution in [0.2, 0.25) is 0 Å². The minimum atomic E-state index is -0.833. The first-order valence-electron chi connectivity index (χ1n) is 9.89. The molecule has 0 radical (unpaired) electrons. The predicted octanol–water partition coefficient (Wildman–Crippen LogP) is 4.50. The van der Waals surface area contributed by atoms with Crippen LogP contribution in [-0.4, -0.2) is 30.1 Å². The van der Waals surface area contributed by atoms with Gasteiger partial charge in [0.25, 0.3) is 0 Å². The summed E-state index contributed by atoms with van der Waals surface area (Å²) in [7, 11) is 0. The number of ether oxygens (including phenoxy) is 2. The van der Waals surface area contributed by atoms with E-state index in [-0.39, 0.29) is 13.2 Å². The molecule has 0 N–H and O–H groups in total. The van der Waals surface area contributed by atoms with E-state index in [4.69, 9.17) is 13.9 Å². The lowest BCUT2D eigenvalue weighted by molar-refractivity contribution is -0.161. The summed E-state index contributed by atoms with van der Waals surface area (Å²) < 4.78 is 15.6. The van der Waals surface area contributed by atoms with Gasteiger partial charge in [0.15, 0.2) is 5.92 Å². The number of carbonyl (C=O) groups excluding carboxylic acids is 2. The Kier molecular flexibility index (Phi) is 8.72. The lowest BCUT2D eigenvalue weighted by Crippen LogP contribution is -2.28. The number of carbonyl (C=O) groups is 2. The number of benzene rings is 1. The molecule has 0 bridgehead atoms. The third-order valence-corrected chi connectivity index (χ3v) is 4.38. The Labute approximate surface area is 166 Å². The average molecular weight is 387 g/mol. The quantitative estimate of drug-likeness (QED) is 0.321. The van der Waals surface area contributed by atoms with Crippen molar-refractivity contribution in [2.24, 2.45) is 5.92 Å². The Hall–Kier alpha value is -2.63. The highest BCUT2D eigenvalue weighted by molar-refractivity contribution is 5.94. The van der Waals surface area contributed by atoms with Crippen molar-refractivity contribution in [2.45, 2.75) is 52.9 Å². The summed E-state index contributed by atoms with van der Waals surface area (Å²) in [6.07, 6.45) is 5.44. The lowest BCUT2D eigenvalue weighted by atomic mass is 10.0. The molecular weight excluding hydrogens is 358 g/mol. The van der Waals surface area contributed by atoms with Gasteiger partial charge in [-0.2, -0.15) is 0 Å². The topological polar surface area (TPSA) is 78.6 Å². The highest BCUT2D eigenvalue weighted by atomic mass is 16.6. The molecule has 152 valence electrons. The second-order valence-corrected chi connectivity index (χ2v) is 6.67. The molecule has 0 amide bonds. The van der Waals surface area contributed by atoms with Crippen molar-refractivity contribution in [1.82, 2.24) is 4.98 Å². The normalized spacial score (nSPS) is 10.9. The molecule has 0 saturated carbocycles. The van der Waals surface area contributed by atoms with Gasteiger partial charge in [0, 0.05) is 5.56 Å². The number of oxazole rings is 1. The molecule has 1 aromatic heterocycles. The third kappa shape index (κ3) is 6.51. The molecule has 0 aliphatic carbocycles. The molecule has 0 saturated heterocycles. The number of rotatable bonds is 11. The van der Waals surface area contributed by atoms with Crippen LogP contribution in [0.5, 0.6) is 0 Å². The van der Waals surface area contributed by atoms with Crippen LogP contribution in [0.15, 0.2) is 34.9 Å². The van der Waals surface area contributed by atoms with Gasteiger partial charge >= 0.3 is 11.9 Å². The minimum Gasteiger partial charge on any atom is -0.465 e. The van der Waals surface area contributed by atoms with Crippen LogP contribution in [0, 0.1) is 12.8 Å². The van der Waals surface area contributed by atoms with Crippen LogP contribution in [0.3, 0.4) is 0 Å². The smallest absolute Gasteiger partial charge is 0.320 e. The van der Waals surface area contributed by atoms with Crippen molar-refractivity contribution in [3.8, 4) is 11.5 Å². The summed E-state index contributed by atoms with van der Waals surface area (Å²) >= 11 is 0. The van der Waals surface area contributed by atoms with Crippen molar-refractivity contribution in [3.63, 3.8) is 0 Å². The maximum Gasteiger partial charge on any atom is 0.320 e. The Morgan fingerprint density at radius 2 is 1.79 bits per heavy atom. The Morgan fingerprint density at radius 1 is 1.07 bits per heavy atom. The van der Waals surface area contributed by atoms with Crippen LogP contribution in [-0.2, 0) is 25.5 Å². The summed E-state index contributed by atoms with van der Waals surface area (Å²) in [4.78, 5) is 28.5. The number of aryl methyl sites for hydroxylation is 2.